The Hall–Kier alpha value is -2.18. The number of nitrogens with zero attached hydrogens (tertiary/aromatic N) is 1. The molecule has 6 nitrogen and oxygen atoms in total. The van der Waals surface area contributed by atoms with E-state index in [0.717, 1.165) is 23.6 Å². The van der Waals surface area contributed by atoms with E-state index < -0.39 is 12.0 Å². The molecule has 6 heteroatoms. The molecule has 0 radical (unpaired) electrons. The second kappa shape index (κ2) is 9.96. The maximum absolute atomic E-state index is 13.0. The summed E-state index contributed by atoms with van der Waals surface area (Å²) in [6, 6.07) is 9.96. The predicted octanol–water partition coefficient (Wildman–Crippen LogP) is 3.46. The molecule has 1 heterocycles. The van der Waals surface area contributed by atoms with Gasteiger partial charge >= 0.3 is 0 Å². The van der Waals surface area contributed by atoms with Crippen LogP contribution in [0.1, 0.15) is 74.9 Å². The number of carbonyl (C=O) groups excluding carboxylic acids is 1. The summed E-state index contributed by atoms with van der Waals surface area (Å²) in [6.45, 7) is 5.64. The highest BCUT2D eigenvalue weighted by atomic mass is 16.3. The lowest BCUT2D eigenvalue weighted by Gasteiger charge is -2.24. The molecule has 1 amide bonds. The van der Waals surface area contributed by atoms with Gasteiger partial charge in [0, 0.05) is 36.3 Å². The van der Waals surface area contributed by atoms with E-state index in [4.69, 9.17) is 0 Å². The Labute approximate surface area is 185 Å². The summed E-state index contributed by atoms with van der Waals surface area (Å²) < 4.78 is 0. The Balaban J connectivity index is 1.46. The van der Waals surface area contributed by atoms with Crippen LogP contribution in [-0.4, -0.2) is 39.7 Å². The molecule has 1 aromatic carbocycles. The van der Waals surface area contributed by atoms with Crippen LogP contribution in [0.3, 0.4) is 0 Å². The number of carbonyl (C=O) groups is 1. The number of H-pyrrole nitrogens is 1. The number of aliphatic hydroxyl groups excluding tert-OH is 1. The van der Waals surface area contributed by atoms with Crippen LogP contribution in [0, 0.1) is 11.8 Å². The third-order valence-corrected chi connectivity index (χ3v) is 7.03. The van der Waals surface area contributed by atoms with Gasteiger partial charge < -0.3 is 20.7 Å². The summed E-state index contributed by atoms with van der Waals surface area (Å²) in [5.41, 5.74) is 1.99. The van der Waals surface area contributed by atoms with Crippen molar-refractivity contribution in [1.29, 1.82) is 0 Å². The molecule has 0 unspecified atom stereocenters. The fourth-order valence-corrected chi connectivity index (χ4v) is 5.18. The Morgan fingerprint density at radius 2 is 1.97 bits per heavy atom. The number of rotatable bonds is 8. The number of hydrogen-bond donors (Lipinski definition) is 4. The highest BCUT2D eigenvalue weighted by Gasteiger charge is 2.47. The lowest BCUT2D eigenvalue weighted by molar-refractivity contribution is -0.127. The smallest absolute Gasteiger partial charge is 0.226 e. The minimum atomic E-state index is -0.739. The zero-order chi connectivity index (χ0) is 21.8. The topological polar surface area (TPSA) is 90.0 Å². The molecule has 2 fully saturated rings. The number of aliphatic hydroxyl groups is 1. The maximum Gasteiger partial charge on any atom is 0.226 e. The van der Waals surface area contributed by atoms with Gasteiger partial charge in [0.15, 0.2) is 0 Å². The van der Waals surface area contributed by atoms with Crippen molar-refractivity contribution < 1.29 is 9.90 Å². The van der Waals surface area contributed by atoms with Gasteiger partial charge in [0.05, 0.1) is 12.0 Å². The molecular weight excluding hydrogens is 388 g/mol. The normalized spacial score (nSPS) is 26.6. The van der Waals surface area contributed by atoms with E-state index in [2.05, 4.69) is 34.4 Å². The van der Waals surface area contributed by atoms with Crippen LogP contribution < -0.4 is 10.6 Å². The first kappa shape index (κ1) is 22.0. The molecule has 31 heavy (non-hydrogen) atoms. The Kier molecular flexibility index (Phi) is 7.08. The molecule has 4 rings (SSSR count). The average Bonchev–Trinajstić information content (AvgIpc) is 3.51. The number of hydrogen-bond acceptors (Lipinski definition) is 4. The lowest BCUT2D eigenvalue weighted by atomic mass is 9.95. The zero-order valence-electron chi connectivity index (χ0n) is 18.7. The van der Waals surface area contributed by atoms with Gasteiger partial charge in [-0.25, -0.2) is 4.98 Å². The van der Waals surface area contributed by atoms with Crippen molar-refractivity contribution in [1.82, 2.24) is 20.6 Å². The van der Waals surface area contributed by atoms with Gasteiger partial charge in [0.25, 0.3) is 0 Å². The van der Waals surface area contributed by atoms with Crippen molar-refractivity contribution in [2.75, 3.05) is 6.54 Å². The van der Waals surface area contributed by atoms with Gasteiger partial charge in [-0.2, -0.15) is 0 Å². The van der Waals surface area contributed by atoms with E-state index in [9.17, 15) is 9.90 Å². The number of imidazole rings is 1. The van der Waals surface area contributed by atoms with E-state index in [1.807, 2.05) is 36.5 Å². The second-order valence-corrected chi connectivity index (χ2v) is 9.61. The first-order chi connectivity index (χ1) is 15.0. The molecular formula is C25H36N4O2. The molecule has 0 saturated heterocycles. The lowest BCUT2D eigenvalue weighted by Crippen LogP contribution is -2.37. The van der Waals surface area contributed by atoms with Crippen LogP contribution in [0.2, 0.25) is 0 Å². The SMILES string of the molecule is CC(C)c1ncc([C@@H]2[C@H](O)[C@@H](C(=O)NCc3ccccc3)C[C@H]2NCC2CCCC2)[nH]1. The molecule has 4 N–H and O–H groups in total. The van der Waals surface area contributed by atoms with E-state index in [0.29, 0.717) is 24.8 Å². The van der Waals surface area contributed by atoms with Crippen molar-refractivity contribution in [3.8, 4) is 0 Å². The monoisotopic (exact) mass is 424 g/mol. The van der Waals surface area contributed by atoms with Crippen molar-refractivity contribution in [3.63, 3.8) is 0 Å². The first-order valence-corrected chi connectivity index (χ1v) is 11.8. The quantitative estimate of drug-likeness (QED) is 0.522. The predicted molar refractivity (Wildman–Crippen MR) is 122 cm³/mol. The molecule has 4 atom stereocenters. The van der Waals surface area contributed by atoms with Crippen molar-refractivity contribution in [2.24, 2.45) is 11.8 Å². The number of aromatic nitrogens is 2. The van der Waals surface area contributed by atoms with Crippen molar-refractivity contribution in [3.05, 3.63) is 53.6 Å². The first-order valence-electron chi connectivity index (χ1n) is 11.8. The van der Waals surface area contributed by atoms with Crippen LogP contribution >= 0.6 is 0 Å². The molecule has 1 aromatic heterocycles. The van der Waals surface area contributed by atoms with E-state index >= 15 is 0 Å². The summed E-state index contributed by atoms with van der Waals surface area (Å²) in [6.07, 6.45) is 6.91. The molecule has 0 spiro atoms. The third kappa shape index (κ3) is 5.18. The largest absolute Gasteiger partial charge is 0.392 e. The molecule has 2 aliphatic carbocycles. The molecule has 168 valence electrons. The fraction of sp³-hybridized carbons (Fsp3) is 0.600. The van der Waals surface area contributed by atoms with E-state index in [1.54, 1.807) is 0 Å². The van der Waals surface area contributed by atoms with Gasteiger partial charge in [-0.1, -0.05) is 57.0 Å². The maximum atomic E-state index is 13.0. The number of benzene rings is 1. The molecule has 0 bridgehead atoms. The fourth-order valence-electron chi connectivity index (χ4n) is 5.18. The van der Waals surface area contributed by atoms with Gasteiger partial charge in [-0.3, -0.25) is 4.79 Å². The minimum absolute atomic E-state index is 0.0588. The van der Waals surface area contributed by atoms with Crippen LogP contribution in [0.5, 0.6) is 0 Å². The van der Waals surface area contributed by atoms with Crippen LogP contribution in [0.4, 0.5) is 0 Å². The summed E-state index contributed by atoms with van der Waals surface area (Å²) >= 11 is 0. The van der Waals surface area contributed by atoms with Crippen LogP contribution in [0.25, 0.3) is 0 Å². The summed E-state index contributed by atoms with van der Waals surface area (Å²) in [4.78, 5) is 20.9. The van der Waals surface area contributed by atoms with Gasteiger partial charge in [-0.15, -0.1) is 0 Å². The van der Waals surface area contributed by atoms with Crippen molar-refractivity contribution >= 4 is 5.91 Å². The van der Waals surface area contributed by atoms with E-state index in [1.165, 1.54) is 25.7 Å². The number of nitrogens with one attached hydrogen (secondary N) is 3. The Morgan fingerprint density at radius 3 is 2.65 bits per heavy atom. The zero-order valence-corrected chi connectivity index (χ0v) is 18.7. The van der Waals surface area contributed by atoms with Gasteiger partial charge in [0.1, 0.15) is 5.82 Å². The number of amides is 1. The molecule has 2 saturated carbocycles. The molecule has 2 aromatic rings. The molecule has 2 aliphatic rings. The van der Waals surface area contributed by atoms with Crippen molar-refractivity contribution in [2.45, 2.75) is 76.5 Å². The van der Waals surface area contributed by atoms with Gasteiger partial charge in [0.2, 0.25) is 5.91 Å². The Bertz CT molecular complexity index is 844. The third-order valence-electron chi connectivity index (χ3n) is 7.03. The van der Waals surface area contributed by atoms with Crippen LogP contribution in [-0.2, 0) is 11.3 Å². The minimum Gasteiger partial charge on any atom is -0.392 e. The molecule has 0 aliphatic heterocycles. The highest BCUT2D eigenvalue weighted by molar-refractivity contribution is 5.80. The summed E-state index contributed by atoms with van der Waals surface area (Å²) in [5, 5.41) is 18.0. The number of aromatic amines is 1. The Morgan fingerprint density at radius 1 is 1.23 bits per heavy atom. The second-order valence-electron chi connectivity index (χ2n) is 9.61. The van der Waals surface area contributed by atoms with E-state index in [-0.39, 0.29) is 17.9 Å². The van der Waals surface area contributed by atoms with Gasteiger partial charge in [-0.05, 0) is 37.3 Å². The highest BCUT2D eigenvalue weighted by Crippen LogP contribution is 2.39. The summed E-state index contributed by atoms with van der Waals surface area (Å²) in [5.74, 6) is 1.26. The standard InChI is InChI=1S/C25H36N4O2/c1-16(2)24-27-15-21(29-24)22-20(26-13-17-10-6-7-11-17)12-19(23(22)30)25(31)28-14-18-8-4-3-5-9-18/h3-5,8-9,15-17,19-20,22-23,26,30H,6-7,10-14H2,1-2H3,(H,27,29)(H,28,31)/t19-,20+,22+,23+/m0/s1. The van der Waals surface area contributed by atoms with Crippen LogP contribution in [0.15, 0.2) is 36.5 Å². The average molecular weight is 425 g/mol. The summed E-state index contributed by atoms with van der Waals surface area (Å²) in [7, 11) is 0.